The van der Waals surface area contributed by atoms with E-state index in [2.05, 4.69) is 9.97 Å². The summed E-state index contributed by atoms with van der Waals surface area (Å²) in [5.41, 5.74) is 6.57. The van der Waals surface area contributed by atoms with Crippen molar-refractivity contribution < 1.29 is 8.42 Å². The minimum Gasteiger partial charge on any atom is -0.369 e. The van der Waals surface area contributed by atoms with Crippen molar-refractivity contribution in [1.29, 1.82) is 5.41 Å². The number of sulfonamides is 1. The van der Waals surface area contributed by atoms with Crippen molar-refractivity contribution in [1.82, 2.24) is 9.97 Å². The molecule has 1 heterocycles. The molecule has 0 aliphatic heterocycles. The van der Waals surface area contributed by atoms with E-state index >= 15 is 0 Å². The highest BCUT2D eigenvalue weighted by atomic mass is 35.5. The number of nitrogens with zero attached hydrogens (tertiary/aromatic N) is 3. The third-order valence-corrected chi connectivity index (χ3v) is 4.92. The highest BCUT2D eigenvalue weighted by molar-refractivity contribution is 7.93. The fourth-order valence-corrected chi connectivity index (χ4v) is 3.64. The van der Waals surface area contributed by atoms with Crippen molar-refractivity contribution >= 4 is 33.5 Å². The smallest absolute Gasteiger partial charge is 0.274 e. The monoisotopic (exact) mass is 339 g/mol. The number of nitrogens with one attached hydrogen (secondary N) is 1. The van der Waals surface area contributed by atoms with Gasteiger partial charge in [-0.25, -0.2) is 18.4 Å². The first kappa shape index (κ1) is 16.2. The molecule has 0 radical (unpaired) electrons. The molecule has 0 amide bonds. The van der Waals surface area contributed by atoms with Gasteiger partial charge >= 0.3 is 0 Å². The highest BCUT2D eigenvalue weighted by Gasteiger charge is 2.31. The van der Waals surface area contributed by atoms with E-state index in [1.807, 2.05) is 0 Å². The number of aryl methyl sites for hydroxylation is 2. The summed E-state index contributed by atoms with van der Waals surface area (Å²) in [6.45, 7) is 3.39. The average molecular weight is 340 g/mol. The minimum atomic E-state index is -4.19. The zero-order valence-corrected chi connectivity index (χ0v) is 13.5. The van der Waals surface area contributed by atoms with Gasteiger partial charge in [-0.3, -0.25) is 5.41 Å². The lowest BCUT2D eigenvalue weighted by Crippen LogP contribution is -2.42. The number of rotatable bonds is 3. The van der Waals surface area contributed by atoms with Crippen LogP contribution < -0.4 is 10.0 Å². The van der Waals surface area contributed by atoms with Crippen LogP contribution in [0.4, 0.5) is 5.95 Å². The number of nitrogens with two attached hydrogens (primary N) is 1. The minimum absolute atomic E-state index is 0.0260. The topological polar surface area (TPSA) is 113 Å². The van der Waals surface area contributed by atoms with Crippen LogP contribution in [0.5, 0.6) is 0 Å². The van der Waals surface area contributed by atoms with Gasteiger partial charge in [-0.1, -0.05) is 23.7 Å². The lowest BCUT2D eigenvalue weighted by atomic mass is 10.4. The lowest BCUT2D eigenvalue weighted by molar-refractivity contribution is 0.596. The number of hydrogen-bond donors (Lipinski definition) is 2. The maximum absolute atomic E-state index is 12.8. The maximum atomic E-state index is 12.8. The highest BCUT2D eigenvalue weighted by Crippen LogP contribution is 2.26. The Hall–Kier alpha value is -2.19. The normalized spacial score (nSPS) is 11.2. The van der Waals surface area contributed by atoms with Gasteiger partial charge in [0.15, 0.2) is 0 Å². The number of aromatic nitrogens is 2. The first-order valence-corrected chi connectivity index (χ1v) is 8.01. The van der Waals surface area contributed by atoms with Crippen LogP contribution in [0.3, 0.4) is 0 Å². The van der Waals surface area contributed by atoms with Crippen molar-refractivity contribution in [3.63, 3.8) is 0 Å². The van der Waals surface area contributed by atoms with Gasteiger partial charge in [-0.2, -0.15) is 4.31 Å². The van der Waals surface area contributed by atoms with E-state index in [4.69, 9.17) is 22.7 Å². The van der Waals surface area contributed by atoms with Crippen LogP contribution in [0.2, 0.25) is 5.02 Å². The SMILES string of the molecule is Cc1cc(C)nc(N(C(=N)N)S(=O)(=O)c2ccccc2Cl)n1. The molecule has 0 aliphatic rings. The summed E-state index contributed by atoms with van der Waals surface area (Å²) in [7, 11) is -4.19. The quantitative estimate of drug-likeness (QED) is 0.654. The molecular weight excluding hydrogens is 326 g/mol. The van der Waals surface area contributed by atoms with Gasteiger partial charge in [0.2, 0.25) is 11.9 Å². The van der Waals surface area contributed by atoms with Crippen LogP contribution >= 0.6 is 11.6 Å². The van der Waals surface area contributed by atoms with Crippen molar-refractivity contribution in [2.75, 3.05) is 4.31 Å². The summed E-state index contributed by atoms with van der Waals surface area (Å²) < 4.78 is 26.1. The van der Waals surface area contributed by atoms with E-state index in [1.165, 1.54) is 18.2 Å². The van der Waals surface area contributed by atoms with Crippen molar-refractivity contribution in [2.45, 2.75) is 18.7 Å². The Morgan fingerprint density at radius 2 is 1.77 bits per heavy atom. The molecule has 116 valence electrons. The molecule has 22 heavy (non-hydrogen) atoms. The number of anilines is 1. The van der Waals surface area contributed by atoms with Gasteiger partial charge in [-0.15, -0.1) is 0 Å². The second-order valence-corrected chi connectivity index (χ2v) is 6.70. The van der Waals surface area contributed by atoms with Crippen molar-refractivity contribution in [3.05, 3.63) is 46.7 Å². The van der Waals surface area contributed by atoms with Crippen LogP contribution in [0.15, 0.2) is 35.2 Å². The third kappa shape index (κ3) is 3.02. The van der Waals surface area contributed by atoms with Crippen molar-refractivity contribution in [2.24, 2.45) is 5.73 Å². The molecule has 2 rings (SSSR count). The number of guanidine groups is 1. The van der Waals surface area contributed by atoms with Gasteiger partial charge in [0.25, 0.3) is 10.0 Å². The summed E-state index contributed by atoms with van der Waals surface area (Å²) in [5.74, 6) is -0.908. The van der Waals surface area contributed by atoms with Crippen LogP contribution in [0, 0.1) is 19.3 Å². The molecule has 0 aliphatic carbocycles. The molecule has 1 aromatic heterocycles. The Kier molecular flexibility index (Phi) is 4.34. The van der Waals surface area contributed by atoms with Gasteiger partial charge in [-0.05, 0) is 32.0 Å². The predicted molar refractivity (Wildman–Crippen MR) is 84.5 cm³/mol. The molecule has 3 N–H and O–H groups in total. The Morgan fingerprint density at radius 3 is 2.27 bits per heavy atom. The molecule has 7 nitrogen and oxygen atoms in total. The Labute approximate surface area is 133 Å². The maximum Gasteiger partial charge on any atom is 0.274 e. The van der Waals surface area contributed by atoms with Crippen LogP contribution in [0.25, 0.3) is 0 Å². The summed E-state index contributed by atoms with van der Waals surface area (Å²) in [6, 6.07) is 7.58. The predicted octanol–water partition coefficient (Wildman–Crippen LogP) is 1.84. The number of hydrogen-bond acceptors (Lipinski definition) is 5. The molecule has 0 bridgehead atoms. The zero-order valence-electron chi connectivity index (χ0n) is 11.9. The van der Waals surface area contributed by atoms with E-state index in [1.54, 1.807) is 26.0 Å². The van der Waals surface area contributed by atoms with E-state index < -0.39 is 16.0 Å². The van der Waals surface area contributed by atoms with E-state index in [0.717, 1.165) is 0 Å². The molecule has 0 unspecified atom stereocenters. The summed E-state index contributed by atoms with van der Waals surface area (Å²) in [6.07, 6.45) is 0. The van der Waals surface area contributed by atoms with Crippen molar-refractivity contribution in [3.8, 4) is 0 Å². The van der Waals surface area contributed by atoms with Crippen LogP contribution in [-0.2, 0) is 10.0 Å². The molecule has 2 aromatic rings. The Bertz CT molecular complexity index is 818. The van der Waals surface area contributed by atoms with Gasteiger partial charge in [0.1, 0.15) is 4.90 Å². The summed E-state index contributed by atoms with van der Waals surface area (Å²) in [4.78, 5) is 7.93. The Balaban J connectivity index is 2.67. The van der Waals surface area contributed by atoms with Gasteiger partial charge in [0, 0.05) is 11.4 Å². The fourth-order valence-electron chi connectivity index (χ4n) is 1.90. The second-order valence-electron chi connectivity index (χ2n) is 4.54. The number of halogens is 1. The Morgan fingerprint density at radius 1 is 1.23 bits per heavy atom. The molecule has 0 saturated heterocycles. The van der Waals surface area contributed by atoms with E-state index in [-0.39, 0.29) is 15.9 Å². The third-order valence-electron chi connectivity index (χ3n) is 2.73. The molecule has 1 aromatic carbocycles. The van der Waals surface area contributed by atoms with Crippen LogP contribution in [-0.4, -0.2) is 24.3 Å². The first-order valence-electron chi connectivity index (χ1n) is 6.19. The summed E-state index contributed by atoms with van der Waals surface area (Å²) in [5, 5.41) is 7.63. The van der Waals surface area contributed by atoms with E-state index in [0.29, 0.717) is 15.7 Å². The molecule has 0 spiro atoms. The molecule has 9 heteroatoms. The van der Waals surface area contributed by atoms with Gasteiger partial charge in [0.05, 0.1) is 5.02 Å². The van der Waals surface area contributed by atoms with Crippen LogP contribution in [0.1, 0.15) is 11.4 Å². The average Bonchev–Trinajstić information content (AvgIpc) is 2.36. The van der Waals surface area contributed by atoms with E-state index in [9.17, 15) is 8.42 Å². The molecule has 0 fully saturated rings. The van der Waals surface area contributed by atoms with Gasteiger partial charge < -0.3 is 5.73 Å². The molecular formula is C13H14ClN5O2S. The largest absolute Gasteiger partial charge is 0.369 e. The first-order chi connectivity index (χ1) is 10.2. The lowest BCUT2D eigenvalue weighted by Gasteiger charge is -2.21. The molecule has 0 atom stereocenters. The molecule has 0 saturated carbocycles. The summed E-state index contributed by atoms with van der Waals surface area (Å²) >= 11 is 5.95. The fraction of sp³-hybridized carbons (Fsp3) is 0.154. The number of benzene rings is 1. The second kappa shape index (κ2) is 5.90. The standard InChI is InChI=1S/C13H14ClN5O2S/c1-8-7-9(2)18-13(17-8)19(12(15)16)22(20,21)11-6-4-3-5-10(11)14/h3-7H,1-2H3,(H3,15,16). The zero-order chi connectivity index (χ0) is 16.5.